The molecule has 0 aliphatic rings. The molecule has 0 aliphatic carbocycles. The van der Waals surface area contributed by atoms with Gasteiger partial charge in [0, 0.05) is 23.4 Å². The van der Waals surface area contributed by atoms with Gasteiger partial charge >= 0.3 is 0 Å². The number of rotatable bonds is 2. The standard InChI is InChI=1S/C18H14N2O2/c1-11-5-3-4-6-14(11)16-10-21-17-8-7-13(9-15(16)17)18-20-19-12(2)22-18/h3-10H,1-2H3. The van der Waals surface area contributed by atoms with Crippen molar-refractivity contribution in [2.45, 2.75) is 13.8 Å². The fourth-order valence-electron chi connectivity index (χ4n) is 2.66. The Balaban J connectivity index is 1.92. The summed E-state index contributed by atoms with van der Waals surface area (Å²) in [6.07, 6.45) is 1.80. The zero-order valence-corrected chi connectivity index (χ0v) is 12.3. The van der Waals surface area contributed by atoms with Crippen LogP contribution in [0.15, 0.2) is 57.6 Å². The number of hydrogen-bond acceptors (Lipinski definition) is 4. The van der Waals surface area contributed by atoms with Crippen molar-refractivity contribution in [2.24, 2.45) is 0 Å². The van der Waals surface area contributed by atoms with Gasteiger partial charge in [-0.05, 0) is 36.2 Å². The van der Waals surface area contributed by atoms with Crippen LogP contribution in [0.3, 0.4) is 0 Å². The summed E-state index contributed by atoms with van der Waals surface area (Å²) in [6.45, 7) is 3.88. The van der Waals surface area contributed by atoms with E-state index in [2.05, 4.69) is 29.3 Å². The number of furan rings is 1. The molecule has 22 heavy (non-hydrogen) atoms. The highest BCUT2D eigenvalue weighted by Gasteiger charge is 2.13. The van der Waals surface area contributed by atoms with Gasteiger partial charge in [-0.1, -0.05) is 24.3 Å². The number of aromatic nitrogens is 2. The first kappa shape index (κ1) is 12.8. The first-order chi connectivity index (χ1) is 10.7. The molecule has 4 aromatic rings. The minimum atomic E-state index is 0.524. The van der Waals surface area contributed by atoms with Crippen LogP contribution in [0, 0.1) is 13.8 Å². The fraction of sp³-hybridized carbons (Fsp3) is 0.111. The van der Waals surface area contributed by atoms with Crippen molar-refractivity contribution in [3.8, 4) is 22.6 Å². The quantitative estimate of drug-likeness (QED) is 0.533. The Labute approximate surface area is 127 Å². The van der Waals surface area contributed by atoms with Gasteiger partial charge in [0.1, 0.15) is 5.58 Å². The Kier molecular flexibility index (Phi) is 2.82. The molecule has 4 heteroatoms. The average molecular weight is 290 g/mol. The first-order valence-electron chi connectivity index (χ1n) is 7.10. The van der Waals surface area contributed by atoms with Crippen molar-refractivity contribution in [2.75, 3.05) is 0 Å². The second-order valence-corrected chi connectivity index (χ2v) is 5.30. The summed E-state index contributed by atoms with van der Waals surface area (Å²) >= 11 is 0. The van der Waals surface area contributed by atoms with Crippen LogP contribution in [0.2, 0.25) is 0 Å². The summed E-state index contributed by atoms with van der Waals surface area (Å²) in [6, 6.07) is 14.2. The summed E-state index contributed by atoms with van der Waals surface area (Å²) in [4.78, 5) is 0. The van der Waals surface area contributed by atoms with Gasteiger partial charge in [-0.3, -0.25) is 0 Å². The largest absolute Gasteiger partial charge is 0.464 e. The van der Waals surface area contributed by atoms with Crippen LogP contribution in [0.25, 0.3) is 33.6 Å². The van der Waals surface area contributed by atoms with E-state index >= 15 is 0 Å². The molecule has 0 unspecified atom stereocenters. The van der Waals surface area contributed by atoms with Gasteiger partial charge in [-0.2, -0.15) is 0 Å². The fourth-order valence-corrected chi connectivity index (χ4v) is 2.66. The minimum absolute atomic E-state index is 0.524. The molecule has 0 radical (unpaired) electrons. The molecule has 2 aromatic heterocycles. The number of fused-ring (bicyclic) bond motifs is 1. The normalized spacial score (nSPS) is 11.2. The molecule has 0 aliphatic heterocycles. The molecule has 0 amide bonds. The van der Waals surface area contributed by atoms with E-state index in [9.17, 15) is 0 Å². The summed E-state index contributed by atoms with van der Waals surface area (Å²) < 4.78 is 11.2. The third-order valence-electron chi connectivity index (χ3n) is 3.78. The van der Waals surface area contributed by atoms with Crippen LogP contribution in [-0.2, 0) is 0 Å². The van der Waals surface area contributed by atoms with E-state index in [4.69, 9.17) is 8.83 Å². The van der Waals surface area contributed by atoms with E-state index in [1.54, 1.807) is 13.2 Å². The van der Waals surface area contributed by atoms with E-state index in [-0.39, 0.29) is 0 Å². The number of aryl methyl sites for hydroxylation is 2. The predicted molar refractivity (Wildman–Crippen MR) is 84.4 cm³/mol. The van der Waals surface area contributed by atoms with Crippen LogP contribution in [-0.4, -0.2) is 10.2 Å². The Morgan fingerprint density at radius 3 is 2.55 bits per heavy atom. The van der Waals surface area contributed by atoms with Crippen molar-refractivity contribution < 1.29 is 8.83 Å². The highest BCUT2D eigenvalue weighted by atomic mass is 16.4. The van der Waals surface area contributed by atoms with Gasteiger partial charge in [0.25, 0.3) is 0 Å². The van der Waals surface area contributed by atoms with Gasteiger partial charge in [0.15, 0.2) is 0 Å². The molecule has 0 spiro atoms. The Hall–Kier alpha value is -2.88. The van der Waals surface area contributed by atoms with Crippen LogP contribution in [0.5, 0.6) is 0 Å². The summed E-state index contributed by atoms with van der Waals surface area (Å²) in [5.41, 5.74) is 5.19. The Morgan fingerprint density at radius 1 is 0.909 bits per heavy atom. The molecule has 0 saturated carbocycles. The lowest BCUT2D eigenvalue weighted by molar-refractivity contribution is 0.533. The average Bonchev–Trinajstić information content (AvgIpc) is 3.13. The SMILES string of the molecule is Cc1nnc(-c2ccc3occ(-c4ccccc4C)c3c2)o1. The monoisotopic (exact) mass is 290 g/mol. The third-order valence-corrected chi connectivity index (χ3v) is 3.78. The summed E-state index contributed by atoms with van der Waals surface area (Å²) in [5, 5.41) is 9.01. The lowest BCUT2D eigenvalue weighted by atomic mass is 9.99. The van der Waals surface area contributed by atoms with Crippen molar-refractivity contribution >= 4 is 11.0 Å². The smallest absolute Gasteiger partial charge is 0.247 e. The van der Waals surface area contributed by atoms with E-state index in [0.29, 0.717) is 11.8 Å². The second-order valence-electron chi connectivity index (χ2n) is 5.30. The lowest BCUT2D eigenvalue weighted by Crippen LogP contribution is -1.82. The lowest BCUT2D eigenvalue weighted by Gasteiger charge is -2.03. The number of nitrogens with zero attached hydrogens (tertiary/aromatic N) is 2. The van der Waals surface area contributed by atoms with Crippen LogP contribution >= 0.6 is 0 Å². The van der Waals surface area contributed by atoms with Gasteiger partial charge < -0.3 is 8.83 Å². The minimum Gasteiger partial charge on any atom is -0.464 e. The molecule has 0 saturated heterocycles. The Morgan fingerprint density at radius 2 is 1.77 bits per heavy atom. The number of hydrogen-bond donors (Lipinski definition) is 0. The van der Waals surface area contributed by atoms with Crippen molar-refractivity contribution in [1.29, 1.82) is 0 Å². The Bertz CT molecular complexity index is 966. The highest BCUT2D eigenvalue weighted by molar-refractivity contribution is 5.96. The van der Waals surface area contributed by atoms with Crippen LogP contribution in [0.4, 0.5) is 0 Å². The molecular formula is C18H14N2O2. The molecule has 4 rings (SSSR count). The van der Waals surface area contributed by atoms with Gasteiger partial charge in [-0.25, -0.2) is 0 Å². The first-order valence-corrected chi connectivity index (χ1v) is 7.10. The van der Waals surface area contributed by atoms with Gasteiger partial charge in [-0.15, -0.1) is 10.2 Å². The molecule has 2 heterocycles. The molecule has 4 nitrogen and oxygen atoms in total. The zero-order valence-electron chi connectivity index (χ0n) is 12.3. The van der Waals surface area contributed by atoms with Crippen LogP contribution in [0.1, 0.15) is 11.5 Å². The highest BCUT2D eigenvalue weighted by Crippen LogP contribution is 2.34. The molecule has 0 bridgehead atoms. The zero-order chi connectivity index (χ0) is 15.1. The topological polar surface area (TPSA) is 52.1 Å². The van der Waals surface area contributed by atoms with E-state index in [0.717, 1.165) is 22.1 Å². The molecular weight excluding hydrogens is 276 g/mol. The molecule has 0 fully saturated rings. The maximum atomic E-state index is 5.69. The molecule has 0 N–H and O–H groups in total. The maximum Gasteiger partial charge on any atom is 0.247 e. The van der Waals surface area contributed by atoms with Gasteiger partial charge in [0.05, 0.1) is 6.26 Å². The summed E-state index contributed by atoms with van der Waals surface area (Å²) in [7, 11) is 0. The molecule has 108 valence electrons. The maximum absolute atomic E-state index is 5.69. The molecule has 0 atom stereocenters. The van der Waals surface area contributed by atoms with Crippen molar-refractivity contribution in [3.05, 3.63) is 60.2 Å². The van der Waals surface area contributed by atoms with E-state index in [1.165, 1.54) is 11.1 Å². The van der Waals surface area contributed by atoms with Crippen LogP contribution < -0.4 is 0 Å². The third kappa shape index (κ3) is 2.00. The van der Waals surface area contributed by atoms with E-state index < -0.39 is 0 Å². The van der Waals surface area contributed by atoms with Gasteiger partial charge in [0.2, 0.25) is 11.8 Å². The molecule has 2 aromatic carbocycles. The van der Waals surface area contributed by atoms with Crippen molar-refractivity contribution in [1.82, 2.24) is 10.2 Å². The van der Waals surface area contributed by atoms with E-state index in [1.807, 2.05) is 30.3 Å². The van der Waals surface area contributed by atoms with Crippen molar-refractivity contribution in [3.63, 3.8) is 0 Å². The predicted octanol–water partition coefficient (Wildman–Crippen LogP) is 4.77. The second kappa shape index (κ2) is 4.84. The summed E-state index contributed by atoms with van der Waals surface area (Å²) in [5.74, 6) is 1.08. The number of benzene rings is 2.